The summed E-state index contributed by atoms with van der Waals surface area (Å²) >= 11 is 0. The minimum absolute atomic E-state index is 0.310. The van der Waals surface area contributed by atoms with Crippen LogP contribution in [-0.4, -0.2) is 5.84 Å². The van der Waals surface area contributed by atoms with Crippen molar-refractivity contribution in [3.63, 3.8) is 0 Å². The Bertz CT molecular complexity index is 69.6. The van der Waals surface area contributed by atoms with E-state index in [1.165, 1.54) is 0 Å². The van der Waals surface area contributed by atoms with E-state index in [1.54, 1.807) is 6.92 Å². The van der Waals surface area contributed by atoms with Crippen molar-refractivity contribution < 1.29 is 0 Å². The van der Waals surface area contributed by atoms with E-state index in [2.05, 4.69) is 10.3 Å². The molecule has 34 valence electrons. The molecule has 6 heavy (non-hydrogen) atoms. The Labute approximate surface area is 35.5 Å². The molecule has 0 spiro atoms. The highest BCUT2D eigenvalue weighted by atomic mass is 15.3. The normalized spacial score (nSPS) is 11.2. The zero-order chi connectivity index (χ0) is 4.99. The molecule has 0 aliphatic rings. The molecule has 0 saturated heterocycles. The zero-order valence-corrected chi connectivity index (χ0v) is 3.47. The van der Waals surface area contributed by atoms with Crippen LogP contribution in [0.25, 0.3) is 0 Å². The number of nitrogens with two attached hydrogens (primary N) is 1. The van der Waals surface area contributed by atoms with Gasteiger partial charge in [0.1, 0.15) is 5.84 Å². The first-order chi connectivity index (χ1) is 2.77. The maximum Gasteiger partial charge on any atom is 0.121 e. The molecule has 0 aromatic rings. The van der Waals surface area contributed by atoms with Crippen LogP contribution in [-0.2, 0) is 0 Å². The van der Waals surface area contributed by atoms with Crippen LogP contribution in [0.4, 0.5) is 0 Å². The van der Waals surface area contributed by atoms with Crippen molar-refractivity contribution >= 4 is 5.84 Å². The second-order valence-electron chi connectivity index (χ2n) is 0.841. The van der Waals surface area contributed by atoms with Crippen LogP contribution in [0.1, 0.15) is 6.92 Å². The summed E-state index contributed by atoms with van der Waals surface area (Å²) in [5.41, 5.74) is 11.0. The van der Waals surface area contributed by atoms with Gasteiger partial charge in [0.2, 0.25) is 0 Å². The molecule has 0 aromatic heterocycles. The van der Waals surface area contributed by atoms with Gasteiger partial charge < -0.3 is 5.73 Å². The van der Waals surface area contributed by atoms with Crippen molar-refractivity contribution in [2.75, 3.05) is 0 Å². The van der Waals surface area contributed by atoms with E-state index < -0.39 is 0 Å². The minimum atomic E-state index is 0.310. The van der Waals surface area contributed by atoms with Crippen LogP contribution in [0.5, 0.6) is 0 Å². The minimum Gasteiger partial charge on any atom is -0.386 e. The largest absolute Gasteiger partial charge is 0.386 e. The number of nitrogens with zero attached hydrogens (tertiary/aromatic N) is 2. The van der Waals surface area contributed by atoms with Gasteiger partial charge in [0.25, 0.3) is 0 Å². The smallest absolute Gasteiger partial charge is 0.121 e. The Morgan fingerprint density at radius 2 is 2.33 bits per heavy atom. The third kappa shape index (κ3) is 3.07. The summed E-state index contributed by atoms with van der Waals surface area (Å²) in [6, 6.07) is 0. The van der Waals surface area contributed by atoms with Crippen molar-refractivity contribution in [3.05, 3.63) is 0 Å². The second kappa shape index (κ2) is 2.32. The molecule has 0 aliphatic carbocycles. The first-order valence-electron chi connectivity index (χ1n) is 1.44. The summed E-state index contributed by atoms with van der Waals surface area (Å²) in [7, 11) is 0. The third-order valence-corrected chi connectivity index (χ3v) is 0.208. The van der Waals surface area contributed by atoms with Crippen molar-refractivity contribution in [2.24, 2.45) is 16.1 Å². The highest BCUT2D eigenvalue weighted by molar-refractivity contribution is 5.77. The van der Waals surface area contributed by atoms with Crippen molar-refractivity contribution in [1.29, 1.82) is 5.53 Å². The molecule has 0 saturated carbocycles. The molecule has 4 heteroatoms. The Balaban J connectivity index is 3.41. The summed E-state index contributed by atoms with van der Waals surface area (Å²) < 4.78 is 0. The molecule has 0 aliphatic heterocycles. The topological polar surface area (TPSA) is 74.6 Å². The number of nitrogens with one attached hydrogen (secondary N) is 1. The Hall–Kier alpha value is -0.930. The van der Waals surface area contributed by atoms with Gasteiger partial charge in [-0.1, -0.05) is 5.22 Å². The molecule has 0 unspecified atom stereocenters. The van der Waals surface area contributed by atoms with Gasteiger partial charge in [0.05, 0.1) is 0 Å². The predicted molar refractivity (Wildman–Crippen MR) is 22.4 cm³/mol. The maximum absolute atomic E-state index is 6.09. The lowest BCUT2D eigenvalue weighted by molar-refractivity contribution is 0.984. The standard InChI is InChI=1S/C2H6N4/c1-2(3)5-6-4/h1H3,(H3,3,4,5). The van der Waals surface area contributed by atoms with E-state index in [-0.39, 0.29) is 0 Å². The quantitative estimate of drug-likeness (QED) is 0.205. The first-order valence-corrected chi connectivity index (χ1v) is 1.44. The fraction of sp³-hybridized carbons (Fsp3) is 0.500. The van der Waals surface area contributed by atoms with Crippen LogP contribution in [0, 0.1) is 5.53 Å². The van der Waals surface area contributed by atoms with Gasteiger partial charge in [0.15, 0.2) is 0 Å². The summed E-state index contributed by atoms with van der Waals surface area (Å²) in [5.74, 6) is 0.310. The molecule has 3 N–H and O–H groups in total. The Kier molecular flexibility index (Phi) is 1.96. The van der Waals surface area contributed by atoms with Gasteiger partial charge >= 0.3 is 0 Å². The van der Waals surface area contributed by atoms with Gasteiger partial charge in [-0.3, -0.25) is 0 Å². The SMILES string of the molecule is CC(N)=NN=N. The van der Waals surface area contributed by atoms with Crippen LogP contribution in [0.3, 0.4) is 0 Å². The Morgan fingerprint density at radius 1 is 1.83 bits per heavy atom. The fourth-order valence-electron chi connectivity index (χ4n) is 0.0789. The number of amidine groups is 1. The summed E-state index contributed by atoms with van der Waals surface area (Å²) in [4.78, 5) is 0. The average molecular weight is 86.1 g/mol. The van der Waals surface area contributed by atoms with E-state index in [9.17, 15) is 0 Å². The summed E-state index contributed by atoms with van der Waals surface area (Å²) in [5, 5.41) is 5.76. The van der Waals surface area contributed by atoms with E-state index in [0.717, 1.165) is 0 Å². The lowest BCUT2D eigenvalue weighted by atomic mass is 10.7. The molecule has 0 rings (SSSR count). The first kappa shape index (κ1) is 5.07. The summed E-state index contributed by atoms with van der Waals surface area (Å²) in [6.45, 7) is 1.57. The van der Waals surface area contributed by atoms with Crippen molar-refractivity contribution in [1.82, 2.24) is 0 Å². The van der Waals surface area contributed by atoms with Gasteiger partial charge in [-0.15, -0.1) is 5.10 Å². The summed E-state index contributed by atoms with van der Waals surface area (Å²) in [6.07, 6.45) is 0. The lowest BCUT2D eigenvalue weighted by Gasteiger charge is -1.74. The third-order valence-electron chi connectivity index (χ3n) is 0.208. The van der Waals surface area contributed by atoms with Crippen LogP contribution >= 0.6 is 0 Å². The maximum atomic E-state index is 6.09. The number of rotatable bonds is 1. The molecule has 0 amide bonds. The second-order valence-corrected chi connectivity index (χ2v) is 0.841. The highest BCUT2D eigenvalue weighted by Gasteiger charge is 1.67. The molecule has 4 nitrogen and oxygen atoms in total. The van der Waals surface area contributed by atoms with Gasteiger partial charge in [-0.25, -0.2) is 0 Å². The molecule has 0 aromatic carbocycles. The van der Waals surface area contributed by atoms with E-state index in [4.69, 9.17) is 11.3 Å². The number of hydrogen-bond acceptors (Lipinski definition) is 2. The van der Waals surface area contributed by atoms with Crippen molar-refractivity contribution in [2.45, 2.75) is 6.92 Å². The molecule has 0 atom stereocenters. The van der Waals surface area contributed by atoms with Gasteiger partial charge in [-0.05, 0) is 6.92 Å². The molecule has 0 fully saturated rings. The Morgan fingerprint density at radius 3 is 2.33 bits per heavy atom. The van der Waals surface area contributed by atoms with Crippen LogP contribution in [0.15, 0.2) is 10.3 Å². The lowest BCUT2D eigenvalue weighted by Crippen LogP contribution is -2.03. The molecule has 0 radical (unpaired) electrons. The van der Waals surface area contributed by atoms with Crippen molar-refractivity contribution in [3.8, 4) is 0 Å². The average Bonchev–Trinajstić information content (AvgIpc) is 1.35. The fourth-order valence-corrected chi connectivity index (χ4v) is 0.0789. The van der Waals surface area contributed by atoms with Crippen LogP contribution in [0.2, 0.25) is 0 Å². The van der Waals surface area contributed by atoms with E-state index >= 15 is 0 Å². The molecular weight excluding hydrogens is 80.0 g/mol. The molecular formula is C2H6N4. The zero-order valence-electron chi connectivity index (χ0n) is 3.47. The molecule has 0 bridgehead atoms. The van der Waals surface area contributed by atoms with E-state index in [0.29, 0.717) is 5.84 Å². The van der Waals surface area contributed by atoms with Gasteiger partial charge in [0, 0.05) is 0 Å². The van der Waals surface area contributed by atoms with Crippen LogP contribution < -0.4 is 5.73 Å². The predicted octanol–water partition coefficient (Wildman–Crippen LogP) is 0.309. The highest BCUT2D eigenvalue weighted by Crippen LogP contribution is 1.64. The van der Waals surface area contributed by atoms with E-state index in [1.807, 2.05) is 0 Å². The monoisotopic (exact) mass is 86.1 g/mol. The number of hydrogen-bond donors (Lipinski definition) is 2. The van der Waals surface area contributed by atoms with Gasteiger partial charge in [-0.2, -0.15) is 5.53 Å². The molecule has 0 heterocycles.